The number of phenols is 5. The lowest BCUT2D eigenvalue weighted by Gasteiger charge is -2.12. The lowest BCUT2D eigenvalue weighted by atomic mass is 10.1. The minimum atomic E-state index is -1.69. The van der Waals surface area contributed by atoms with E-state index < -0.39 is 19.1 Å². The van der Waals surface area contributed by atoms with Crippen molar-refractivity contribution in [1.82, 2.24) is 0 Å². The maximum atomic E-state index is 12.2. The van der Waals surface area contributed by atoms with Gasteiger partial charge in [0.2, 0.25) is 0 Å². The van der Waals surface area contributed by atoms with Gasteiger partial charge in [0, 0.05) is 94.6 Å². The lowest BCUT2D eigenvalue weighted by molar-refractivity contribution is -0.135. The summed E-state index contributed by atoms with van der Waals surface area (Å²) in [5.41, 5.74) is 1.60. The molecular weight excluding hydrogens is 1710 g/mol. The van der Waals surface area contributed by atoms with Gasteiger partial charge < -0.3 is 58.7 Å². The van der Waals surface area contributed by atoms with Crippen LogP contribution >= 0.6 is 0 Å². The summed E-state index contributed by atoms with van der Waals surface area (Å²) in [5.74, 6) is 1.43. The molecule has 0 heterocycles. The fourth-order valence-corrected chi connectivity index (χ4v) is 12.3. The number of allylic oxidation sites excluding steroid dienone is 34. The largest absolute Gasteiger partial charge is 0.508 e. The normalized spacial score (nSPS) is 13.1. The highest BCUT2D eigenvalue weighted by atomic mass is 16.6. The summed E-state index contributed by atoms with van der Waals surface area (Å²) >= 11 is 0. The first-order valence-corrected chi connectivity index (χ1v) is 49.7. The Bertz CT molecular complexity index is 4890. The standard InChI is InChI=1S/C36H42O4.C31H42O4.C27H42O4.C27H40O4/c1-2-3-4-5-6-7-8-9-10-11-12-13-14-15-16-17-18-19-20-21-36(39)40-35-29-32(28-34(38)30-35)23-22-31-24-26-33(37)27-25-31;1-3-5-6-7-8-9-10-11-12-13-14-15-16-17-18-19-20-21-22-23-31(33)35-30-26-28(32)25-29(27-30)34-24-4-2;2*1-4-5-6-7-8-9-10-11-12-13-14-15-16-17-18-19-27(29)31-26-21-24(28)20-25(22-26)30-23(2)3/h3-4,6-7,9-10,12-13,15-16,18-19,22-30,37-38H,2,5,8,11,14,17,20-21H2,1H3;5-6,8-9,11-12,14-15,17-18,20-21,25-27,32H,3-4,7,10,13,16,19,22-24H2,1-2H3;8-9,11-12,20-23,28H,4-7,10,13-19H2,1-3H3;5-6,8-9,11-12,20-23,28H,4,7,10,13-19H2,1-3H3/b4-3-,7-6-,10-9-,13-12-,16-15-,19-18-,23-22+;6-5-,9-8-,12-11-,15-14-,18-17-,21-20-;9-8-,12-11-;6-5-,9-8-,12-11-/i;;10D2;7D2,10D2. The zero-order valence-corrected chi connectivity index (χ0v) is 83.6. The molecule has 0 saturated heterocycles. The average molecular weight is 1880 g/mol. The van der Waals surface area contributed by atoms with Crippen molar-refractivity contribution in [3.8, 4) is 69.0 Å². The van der Waals surface area contributed by atoms with Gasteiger partial charge in [-0.1, -0.05) is 317 Å². The molecule has 0 saturated carbocycles. The first kappa shape index (κ1) is 110. The smallest absolute Gasteiger partial charge is 0.311 e. The molecule has 16 nitrogen and oxygen atoms in total. The van der Waals surface area contributed by atoms with Crippen molar-refractivity contribution in [2.24, 2.45) is 0 Å². The van der Waals surface area contributed by atoms with Gasteiger partial charge in [-0.2, -0.15) is 0 Å². The number of hydrogen-bond donors (Lipinski definition) is 5. The average Bonchev–Trinajstić information content (AvgIpc) is 0.873. The summed E-state index contributed by atoms with van der Waals surface area (Å²) in [5, 5.41) is 48.7. The monoisotopic (exact) mass is 1880 g/mol. The molecule has 0 aromatic heterocycles. The Balaban J connectivity index is 0.000000646. The molecule has 5 rings (SSSR count). The quantitative estimate of drug-likeness (QED) is 0.00800. The van der Waals surface area contributed by atoms with Gasteiger partial charge in [0.25, 0.3) is 0 Å². The molecule has 0 atom stereocenters. The van der Waals surface area contributed by atoms with Crippen molar-refractivity contribution in [3.63, 3.8) is 0 Å². The van der Waals surface area contributed by atoms with Crippen molar-refractivity contribution in [3.05, 3.63) is 315 Å². The first-order valence-electron chi connectivity index (χ1n) is 52.7. The topological polar surface area (TPSA) is 234 Å². The van der Waals surface area contributed by atoms with E-state index in [1.807, 2.05) is 84.1 Å². The molecule has 0 radical (unpaired) electrons. The van der Waals surface area contributed by atoms with E-state index in [-0.39, 0.29) is 89.2 Å². The summed E-state index contributed by atoms with van der Waals surface area (Å²) in [6.45, 7) is 18.4. The second kappa shape index (κ2) is 86.5. The van der Waals surface area contributed by atoms with Crippen molar-refractivity contribution in [2.75, 3.05) is 6.61 Å². The van der Waals surface area contributed by atoms with Gasteiger partial charge in [0.05, 0.1) is 18.8 Å². The molecule has 0 amide bonds. The molecule has 0 bridgehead atoms. The van der Waals surface area contributed by atoms with Crippen LogP contribution in [0.5, 0.6) is 69.0 Å². The summed E-state index contributed by atoms with van der Waals surface area (Å²) in [7, 11) is 0. The summed E-state index contributed by atoms with van der Waals surface area (Å²) in [6.07, 6.45) is 97.5. The highest BCUT2D eigenvalue weighted by Gasteiger charge is 2.14. The van der Waals surface area contributed by atoms with Crippen LogP contribution in [0.15, 0.2) is 304 Å². The van der Waals surface area contributed by atoms with Crippen LogP contribution in [0, 0.1) is 0 Å². The Labute approximate surface area is 832 Å². The minimum Gasteiger partial charge on any atom is -0.508 e. The number of esters is 4. The van der Waals surface area contributed by atoms with Gasteiger partial charge in [0.1, 0.15) is 69.0 Å². The molecule has 0 fully saturated rings. The van der Waals surface area contributed by atoms with Crippen molar-refractivity contribution < 1.29 is 86.1 Å². The lowest BCUT2D eigenvalue weighted by Crippen LogP contribution is -2.09. The van der Waals surface area contributed by atoms with Crippen LogP contribution in [0.4, 0.5) is 0 Å². The zero-order chi connectivity index (χ0) is 105. The number of carbonyl (C=O) groups is 4. The van der Waals surface area contributed by atoms with Gasteiger partial charge in [-0.3, -0.25) is 19.2 Å². The van der Waals surface area contributed by atoms with Crippen molar-refractivity contribution in [1.29, 1.82) is 0 Å². The van der Waals surface area contributed by atoms with Crippen LogP contribution < -0.4 is 33.2 Å². The Morgan fingerprint density at radius 1 is 0.263 bits per heavy atom. The third kappa shape index (κ3) is 76.6. The molecule has 16 heteroatoms. The maximum Gasteiger partial charge on any atom is 0.311 e. The van der Waals surface area contributed by atoms with Crippen LogP contribution in [0.3, 0.4) is 0 Å². The third-order valence-corrected chi connectivity index (χ3v) is 19.1. The summed E-state index contributed by atoms with van der Waals surface area (Å²) < 4.78 is 85.4. The van der Waals surface area contributed by atoms with E-state index in [9.17, 15) is 44.7 Å². The van der Waals surface area contributed by atoms with Crippen LogP contribution in [0.1, 0.15) is 332 Å². The second-order valence-corrected chi connectivity index (χ2v) is 32.6. The molecule has 0 unspecified atom stereocenters. The molecule has 746 valence electrons. The minimum absolute atomic E-state index is 0.000991. The molecule has 0 spiro atoms. The molecule has 137 heavy (non-hydrogen) atoms. The van der Waals surface area contributed by atoms with Gasteiger partial charge in [-0.25, -0.2) is 0 Å². The predicted octanol–water partition coefficient (Wildman–Crippen LogP) is 33.8. The van der Waals surface area contributed by atoms with Crippen LogP contribution in [-0.2, 0) is 19.2 Å². The SMILES string of the molecule is CC/C=C\C/C=C\C/C=C\C/C=C\C/C=C\C/C=C\CCC(=O)Oc1cc(O)cc(/C=C/c2ccc(O)cc2)c1.CC/C=C\C/C=C\C/C=C\C/C=C\C/C=C\C/C=C\CCC(=O)Oc1cc(O)cc(OCCC)c1.[2H]C([2H])(/C=C\CC)/C=C\C([2H])([2H])/C=C\CCCCCCCC(=O)Oc1cc(O)cc(OC(C)C)c1.[2H]C([2H])(/C=C\CCCCC)/C=C\CCCCCCCC(=O)Oc1cc(O)cc(OC(C)C)c1. The van der Waals surface area contributed by atoms with Crippen LogP contribution in [0.25, 0.3) is 12.2 Å². The Hall–Kier alpha value is -12.3. The number of aromatic hydroxyl groups is 5. The van der Waals surface area contributed by atoms with Crippen LogP contribution in [0.2, 0.25) is 0 Å². The molecule has 5 N–H and O–H groups in total. The molecule has 0 aliphatic carbocycles. The van der Waals surface area contributed by atoms with E-state index in [0.717, 1.165) is 179 Å². The summed E-state index contributed by atoms with van der Waals surface area (Å²) in [6, 6.07) is 25.0. The van der Waals surface area contributed by atoms with Gasteiger partial charge in [-0.15, -0.1) is 0 Å². The number of rotatable bonds is 68. The Kier molecular flexibility index (Phi) is 69.5. The third-order valence-electron chi connectivity index (χ3n) is 19.1. The second-order valence-electron chi connectivity index (χ2n) is 32.6. The molecule has 0 aliphatic heterocycles. The van der Waals surface area contributed by atoms with Crippen molar-refractivity contribution in [2.45, 2.75) is 325 Å². The molecule has 5 aromatic carbocycles. The number of benzene rings is 5. The first-order chi connectivity index (χ1) is 68.9. The summed E-state index contributed by atoms with van der Waals surface area (Å²) in [4.78, 5) is 48.4. The van der Waals surface area contributed by atoms with E-state index >= 15 is 0 Å². The van der Waals surface area contributed by atoms with Crippen LogP contribution in [-0.4, -0.2) is 68.2 Å². The fraction of sp³-hybridized carbons (Fsp3) is 0.421. The highest BCUT2D eigenvalue weighted by Crippen LogP contribution is 2.32. The maximum absolute atomic E-state index is 12.2. The van der Waals surface area contributed by atoms with E-state index in [1.54, 1.807) is 85.0 Å². The molecule has 0 aliphatic rings. The predicted molar refractivity (Wildman–Crippen MR) is 573 cm³/mol. The molecule has 5 aromatic rings. The number of carbonyl (C=O) groups excluding carboxylic acids is 4. The van der Waals surface area contributed by atoms with Crippen molar-refractivity contribution >= 4 is 36.0 Å². The van der Waals surface area contributed by atoms with Gasteiger partial charge >= 0.3 is 23.9 Å². The number of hydrogen-bond acceptors (Lipinski definition) is 16. The number of unbranched alkanes of at least 4 members (excludes halogenated alkanes) is 13. The Morgan fingerprint density at radius 2 is 0.533 bits per heavy atom. The van der Waals surface area contributed by atoms with Gasteiger partial charge in [-0.05, 0) is 236 Å². The number of ether oxygens (including phenoxy) is 7. The zero-order valence-electron chi connectivity index (χ0n) is 89.6. The van der Waals surface area contributed by atoms with Gasteiger partial charge in [0.15, 0.2) is 0 Å². The van der Waals surface area contributed by atoms with E-state index in [1.165, 1.54) is 79.6 Å². The van der Waals surface area contributed by atoms with E-state index in [2.05, 4.69) is 142 Å². The highest BCUT2D eigenvalue weighted by molar-refractivity contribution is 5.76. The molecular formula is C121H166O16. The Morgan fingerprint density at radius 3 is 0.891 bits per heavy atom. The number of phenolic OH excluding ortho intramolecular Hbond substituents is 5. The van der Waals surface area contributed by atoms with E-state index in [4.69, 9.17) is 41.4 Å². The fourth-order valence-electron chi connectivity index (χ4n) is 12.3. The van der Waals surface area contributed by atoms with E-state index in [0.29, 0.717) is 73.0 Å².